The van der Waals surface area contributed by atoms with Crippen LogP contribution in [0.4, 0.5) is 13.2 Å². The van der Waals surface area contributed by atoms with Gasteiger partial charge in [-0.15, -0.1) is 0 Å². The zero-order chi connectivity index (χ0) is 16.9. The Bertz CT molecular complexity index is 573. The molecule has 0 aliphatic rings. The number of carbonyl (C=O) groups is 2. The predicted octanol–water partition coefficient (Wildman–Crippen LogP) is 3.24. The van der Waals surface area contributed by atoms with Crippen molar-refractivity contribution < 1.29 is 27.9 Å². The zero-order valence-electron chi connectivity index (χ0n) is 12.1. The highest BCUT2D eigenvalue weighted by molar-refractivity contribution is 5.96. The van der Waals surface area contributed by atoms with Gasteiger partial charge in [0.25, 0.3) is 5.91 Å². The van der Waals surface area contributed by atoms with E-state index in [4.69, 9.17) is 5.11 Å². The van der Waals surface area contributed by atoms with Gasteiger partial charge in [-0.05, 0) is 44.5 Å². The summed E-state index contributed by atoms with van der Waals surface area (Å²) in [5.41, 5.74) is -0.00476. The van der Waals surface area contributed by atoms with Gasteiger partial charge in [0, 0.05) is 5.56 Å². The van der Waals surface area contributed by atoms with Crippen LogP contribution in [0.1, 0.15) is 36.2 Å². The molecule has 0 saturated heterocycles. The summed E-state index contributed by atoms with van der Waals surface area (Å²) in [5, 5.41) is 11.3. The van der Waals surface area contributed by atoms with E-state index in [0.29, 0.717) is 0 Å². The first-order chi connectivity index (χ1) is 10.1. The summed E-state index contributed by atoms with van der Waals surface area (Å²) in [4.78, 5) is 23.0. The first-order valence-corrected chi connectivity index (χ1v) is 6.45. The van der Waals surface area contributed by atoms with Crippen molar-refractivity contribution in [3.63, 3.8) is 0 Å². The smallest absolute Gasteiger partial charge is 0.416 e. The number of carboxylic acid groups (broad SMARTS) is 1. The van der Waals surface area contributed by atoms with Gasteiger partial charge < -0.3 is 10.4 Å². The molecular formula is C15H16F3NO3. The second kappa shape index (κ2) is 7.11. The number of allylic oxidation sites excluding steroid dienone is 1. The fraction of sp³-hybridized carbons (Fsp3) is 0.333. The molecule has 0 unspecified atom stereocenters. The van der Waals surface area contributed by atoms with Crippen molar-refractivity contribution in [2.45, 2.75) is 32.5 Å². The second-order valence-electron chi connectivity index (χ2n) is 4.96. The van der Waals surface area contributed by atoms with Gasteiger partial charge in [-0.1, -0.05) is 11.6 Å². The number of nitrogens with one attached hydrogen (secondary N) is 1. The SMILES string of the molecule is CC(C)=CC[C@@H](NC(=O)c1ccc(C(F)(F)F)cc1)C(=O)O. The minimum Gasteiger partial charge on any atom is -0.480 e. The van der Waals surface area contributed by atoms with Gasteiger partial charge in [-0.2, -0.15) is 13.2 Å². The van der Waals surface area contributed by atoms with Gasteiger partial charge >= 0.3 is 12.1 Å². The fourth-order valence-electron chi connectivity index (χ4n) is 1.63. The Labute approximate surface area is 125 Å². The van der Waals surface area contributed by atoms with Gasteiger partial charge in [-0.3, -0.25) is 4.79 Å². The van der Waals surface area contributed by atoms with E-state index in [-0.39, 0.29) is 12.0 Å². The maximum atomic E-state index is 12.4. The number of halogens is 3. The maximum Gasteiger partial charge on any atom is 0.416 e. The highest BCUT2D eigenvalue weighted by Gasteiger charge is 2.30. The summed E-state index contributed by atoms with van der Waals surface area (Å²) in [6.07, 6.45) is -2.72. The summed E-state index contributed by atoms with van der Waals surface area (Å²) >= 11 is 0. The van der Waals surface area contributed by atoms with Gasteiger partial charge in [0.2, 0.25) is 0 Å². The number of carbonyl (C=O) groups excluding carboxylic acids is 1. The van der Waals surface area contributed by atoms with Gasteiger partial charge in [0.1, 0.15) is 6.04 Å². The van der Waals surface area contributed by atoms with E-state index < -0.39 is 29.7 Å². The standard InChI is InChI=1S/C15H16F3NO3/c1-9(2)3-8-12(14(21)22)19-13(20)10-4-6-11(7-5-10)15(16,17)18/h3-7,12H,8H2,1-2H3,(H,19,20)(H,21,22)/t12-/m1/s1. The molecule has 1 aromatic rings. The third kappa shape index (κ3) is 5.23. The molecule has 1 rings (SSSR count). The Balaban J connectivity index is 2.82. The van der Waals surface area contributed by atoms with Crippen LogP contribution in [0, 0.1) is 0 Å². The van der Waals surface area contributed by atoms with Gasteiger partial charge in [0.15, 0.2) is 0 Å². The monoisotopic (exact) mass is 315 g/mol. The Morgan fingerprint density at radius 2 is 1.77 bits per heavy atom. The predicted molar refractivity (Wildman–Crippen MR) is 74.4 cm³/mol. The number of alkyl halides is 3. The molecule has 2 N–H and O–H groups in total. The average Bonchev–Trinajstić information content (AvgIpc) is 2.41. The fourth-order valence-corrected chi connectivity index (χ4v) is 1.63. The van der Waals surface area contributed by atoms with Gasteiger partial charge in [0.05, 0.1) is 5.56 Å². The molecule has 1 aromatic carbocycles. The molecule has 0 aliphatic carbocycles. The van der Waals surface area contributed by atoms with Crippen molar-refractivity contribution in [3.05, 3.63) is 47.0 Å². The van der Waals surface area contributed by atoms with Crippen LogP contribution in [-0.2, 0) is 11.0 Å². The van der Waals surface area contributed by atoms with Crippen molar-refractivity contribution in [2.75, 3.05) is 0 Å². The minimum atomic E-state index is -4.48. The summed E-state index contributed by atoms with van der Waals surface area (Å²) in [5.74, 6) is -1.94. The van der Waals surface area contributed by atoms with E-state index in [9.17, 15) is 22.8 Å². The molecule has 0 fully saturated rings. The van der Waals surface area contributed by atoms with Crippen molar-refractivity contribution in [1.82, 2.24) is 5.32 Å². The van der Waals surface area contributed by atoms with Crippen LogP contribution in [-0.4, -0.2) is 23.0 Å². The van der Waals surface area contributed by atoms with Crippen molar-refractivity contribution in [1.29, 1.82) is 0 Å². The molecule has 0 aliphatic heterocycles. The molecule has 0 spiro atoms. The van der Waals surface area contributed by atoms with E-state index in [1.165, 1.54) is 0 Å². The zero-order valence-corrected chi connectivity index (χ0v) is 12.1. The largest absolute Gasteiger partial charge is 0.480 e. The molecule has 1 amide bonds. The lowest BCUT2D eigenvalue weighted by Crippen LogP contribution is -2.40. The summed E-state index contributed by atoms with van der Waals surface area (Å²) in [6, 6.07) is 2.45. The van der Waals surface area contributed by atoms with Crippen molar-refractivity contribution in [2.24, 2.45) is 0 Å². The number of benzene rings is 1. The van der Waals surface area contributed by atoms with Crippen LogP contribution in [0.2, 0.25) is 0 Å². The molecule has 22 heavy (non-hydrogen) atoms. The topological polar surface area (TPSA) is 66.4 Å². The average molecular weight is 315 g/mol. The highest BCUT2D eigenvalue weighted by atomic mass is 19.4. The quantitative estimate of drug-likeness (QED) is 0.820. The summed E-state index contributed by atoms with van der Waals surface area (Å²) < 4.78 is 37.3. The lowest BCUT2D eigenvalue weighted by molar-refractivity contribution is -0.139. The number of carboxylic acids is 1. The van der Waals surface area contributed by atoms with E-state index in [1.54, 1.807) is 19.9 Å². The molecule has 0 bridgehead atoms. The Morgan fingerprint density at radius 1 is 1.23 bits per heavy atom. The Morgan fingerprint density at radius 3 is 2.18 bits per heavy atom. The van der Waals surface area contributed by atoms with Crippen molar-refractivity contribution >= 4 is 11.9 Å². The lowest BCUT2D eigenvalue weighted by Gasteiger charge is -2.13. The Kier molecular flexibility index (Phi) is 5.73. The van der Waals surface area contributed by atoms with Crippen LogP contribution < -0.4 is 5.32 Å². The molecule has 0 heterocycles. The molecule has 7 heteroatoms. The van der Waals surface area contributed by atoms with E-state index in [2.05, 4.69) is 5.32 Å². The summed E-state index contributed by atoms with van der Waals surface area (Å²) in [7, 11) is 0. The van der Waals surface area contributed by atoms with Gasteiger partial charge in [-0.25, -0.2) is 4.79 Å². The number of hydrogen-bond acceptors (Lipinski definition) is 2. The normalized spacial score (nSPS) is 12.4. The first-order valence-electron chi connectivity index (χ1n) is 6.45. The molecule has 1 atom stereocenters. The maximum absolute atomic E-state index is 12.4. The summed E-state index contributed by atoms with van der Waals surface area (Å²) in [6.45, 7) is 3.58. The van der Waals surface area contributed by atoms with E-state index >= 15 is 0 Å². The molecule has 0 aromatic heterocycles. The molecule has 120 valence electrons. The molecular weight excluding hydrogens is 299 g/mol. The number of rotatable bonds is 5. The Hall–Kier alpha value is -2.31. The number of amides is 1. The third-order valence-electron chi connectivity index (χ3n) is 2.84. The molecule has 0 radical (unpaired) electrons. The third-order valence-corrected chi connectivity index (χ3v) is 2.84. The minimum absolute atomic E-state index is 0.0311. The van der Waals surface area contributed by atoms with Crippen LogP contribution >= 0.6 is 0 Å². The van der Waals surface area contributed by atoms with Crippen LogP contribution in [0.15, 0.2) is 35.9 Å². The van der Waals surface area contributed by atoms with E-state index in [1.807, 2.05) is 0 Å². The van der Waals surface area contributed by atoms with Crippen LogP contribution in [0.3, 0.4) is 0 Å². The van der Waals surface area contributed by atoms with Crippen LogP contribution in [0.5, 0.6) is 0 Å². The molecule has 0 saturated carbocycles. The lowest BCUT2D eigenvalue weighted by atomic mass is 10.1. The van der Waals surface area contributed by atoms with E-state index in [0.717, 1.165) is 29.8 Å². The second-order valence-corrected chi connectivity index (χ2v) is 4.96. The number of aliphatic carboxylic acids is 1. The highest BCUT2D eigenvalue weighted by Crippen LogP contribution is 2.29. The molecule has 4 nitrogen and oxygen atoms in total. The van der Waals surface area contributed by atoms with Crippen molar-refractivity contribution in [3.8, 4) is 0 Å². The first kappa shape index (κ1) is 17.7. The number of hydrogen-bond donors (Lipinski definition) is 2. The van der Waals surface area contributed by atoms with Crippen LogP contribution in [0.25, 0.3) is 0 Å².